The number of Topliss-reactive ketones (excluding diaryl/α,β-unsaturated/α-hetero) is 1. The molecule has 11 heavy (non-hydrogen) atoms. The summed E-state index contributed by atoms with van der Waals surface area (Å²) in [4.78, 5) is 13.4. The van der Waals surface area contributed by atoms with Gasteiger partial charge in [0.25, 0.3) is 0 Å². The maximum Gasteiger partial charge on any atom is 0.152 e. The molecule has 0 aromatic heterocycles. The Balaban J connectivity index is 4.02. The monoisotopic (exact) mass is 175 g/mol. The van der Waals surface area contributed by atoms with Gasteiger partial charge in [-0.2, -0.15) is 0 Å². The Morgan fingerprint density at radius 2 is 1.91 bits per heavy atom. The van der Waals surface area contributed by atoms with Crippen molar-refractivity contribution in [3.8, 4) is 0 Å². The van der Waals surface area contributed by atoms with Crippen molar-refractivity contribution in [1.82, 2.24) is 4.90 Å². The van der Waals surface area contributed by atoms with Crippen LogP contribution in [0.2, 0.25) is 0 Å². The van der Waals surface area contributed by atoms with Gasteiger partial charge in [-0.25, -0.2) is 0 Å². The zero-order valence-electron chi connectivity index (χ0n) is 7.79. The summed E-state index contributed by atoms with van der Waals surface area (Å²) >= 11 is 0. The van der Waals surface area contributed by atoms with Crippen LogP contribution in [0.5, 0.6) is 0 Å². The fraction of sp³-hybridized carbons (Fsp3) is 0.875. The number of hydrogen-bond donors (Lipinski definition) is 0. The topological polar surface area (TPSA) is 20.3 Å². The van der Waals surface area contributed by atoms with Gasteiger partial charge in [-0.15, -0.1) is 9.24 Å². The first-order valence-corrected chi connectivity index (χ1v) is 4.76. The molecule has 66 valence electrons. The molecule has 0 saturated carbocycles. The van der Waals surface area contributed by atoms with Gasteiger partial charge in [-0.1, -0.05) is 13.8 Å². The van der Waals surface area contributed by atoms with Gasteiger partial charge in [-0.3, -0.25) is 9.69 Å². The zero-order chi connectivity index (χ0) is 9.02. The molecule has 3 heteroatoms. The van der Waals surface area contributed by atoms with Crippen LogP contribution in [0, 0.1) is 5.92 Å². The van der Waals surface area contributed by atoms with Crippen LogP contribution in [-0.2, 0) is 4.79 Å². The lowest BCUT2D eigenvalue weighted by atomic mass is 10.0. The molecule has 2 unspecified atom stereocenters. The second-order valence-corrected chi connectivity index (χ2v) is 3.54. The Morgan fingerprint density at radius 3 is 2.18 bits per heavy atom. The third-order valence-electron chi connectivity index (χ3n) is 1.93. The molecule has 2 atom stereocenters. The normalized spacial score (nSPS) is 14.1. The maximum absolute atomic E-state index is 11.4. The molecule has 0 amide bonds. The molecule has 0 aliphatic heterocycles. The summed E-state index contributed by atoms with van der Waals surface area (Å²) in [7, 11) is 4.57. The van der Waals surface area contributed by atoms with Crippen LogP contribution < -0.4 is 0 Å². The van der Waals surface area contributed by atoms with Gasteiger partial charge < -0.3 is 0 Å². The predicted molar refractivity (Wildman–Crippen MR) is 51.6 cm³/mol. The van der Waals surface area contributed by atoms with Crippen LogP contribution in [0.3, 0.4) is 0 Å². The van der Waals surface area contributed by atoms with E-state index in [-0.39, 0.29) is 12.0 Å². The minimum Gasteiger partial charge on any atom is -0.298 e. The fourth-order valence-electron chi connectivity index (χ4n) is 0.858. The highest BCUT2D eigenvalue weighted by atomic mass is 31.0. The van der Waals surface area contributed by atoms with Crippen LogP contribution in [0.15, 0.2) is 0 Å². The molecule has 0 N–H and O–H groups in total. The highest BCUT2D eigenvalue weighted by molar-refractivity contribution is 7.16. The van der Waals surface area contributed by atoms with Crippen LogP contribution in [0.4, 0.5) is 0 Å². The van der Waals surface area contributed by atoms with Gasteiger partial charge in [0.2, 0.25) is 0 Å². The Morgan fingerprint density at radius 1 is 1.45 bits per heavy atom. The average Bonchev–Trinajstić information content (AvgIpc) is 2.00. The molecule has 0 aliphatic carbocycles. The quantitative estimate of drug-likeness (QED) is 0.601. The van der Waals surface area contributed by atoms with Gasteiger partial charge in [0.1, 0.15) is 0 Å². The van der Waals surface area contributed by atoms with Crippen LogP contribution in [-0.4, -0.2) is 30.1 Å². The second kappa shape index (κ2) is 4.84. The van der Waals surface area contributed by atoms with Crippen molar-refractivity contribution in [2.45, 2.75) is 26.8 Å². The number of hydrogen-bond acceptors (Lipinski definition) is 2. The highest BCUT2D eigenvalue weighted by Crippen LogP contribution is 2.06. The lowest BCUT2D eigenvalue weighted by Crippen LogP contribution is -2.37. The lowest BCUT2D eigenvalue weighted by molar-refractivity contribution is -0.125. The van der Waals surface area contributed by atoms with Crippen molar-refractivity contribution in [2.24, 2.45) is 5.92 Å². The highest BCUT2D eigenvalue weighted by Gasteiger charge is 2.18. The van der Waals surface area contributed by atoms with Crippen LogP contribution in [0.1, 0.15) is 20.8 Å². The summed E-state index contributed by atoms with van der Waals surface area (Å²) in [5, 5.41) is 0. The summed E-state index contributed by atoms with van der Waals surface area (Å²) in [5.41, 5.74) is 0. The first kappa shape index (κ1) is 11.1. The number of rotatable bonds is 4. The fourth-order valence-corrected chi connectivity index (χ4v) is 1.17. The summed E-state index contributed by atoms with van der Waals surface area (Å²) in [5.74, 6) is 0.457. The second-order valence-electron chi connectivity index (χ2n) is 3.17. The van der Waals surface area contributed by atoms with Gasteiger partial charge in [0, 0.05) is 12.2 Å². The minimum atomic E-state index is 0.0486. The number of carbonyl (C=O) groups excluding carboxylic acids is 1. The molecule has 0 bridgehead atoms. The molecule has 0 saturated heterocycles. The van der Waals surface area contributed by atoms with E-state index in [1.807, 2.05) is 32.7 Å². The molecule has 0 aromatic rings. The van der Waals surface area contributed by atoms with E-state index in [9.17, 15) is 4.79 Å². The van der Waals surface area contributed by atoms with Crippen molar-refractivity contribution in [1.29, 1.82) is 0 Å². The Bertz CT molecular complexity index is 136. The van der Waals surface area contributed by atoms with E-state index >= 15 is 0 Å². The molecule has 0 radical (unpaired) electrons. The molecule has 0 spiro atoms. The number of ketones is 1. The molecule has 0 aliphatic rings. The van der Waals surface area contributed by atoms with E-state index < -0.39 is 0 Å². The van der Waals surface area contributed by atoms with Crippen LogP contribution >= 0.6 is 9.24 Å². The van der Waals surface area contributed by atoms with E-state index in [1.165, 1.54) is 0 Å². The zero-order valence-corrected chi connectivity index (χ0v) is 8.95. The van der Waals surface area contributed by atoms with Gasteiger partial charge in [-0.05, 0) is 14.0 Å². The van der Waals surface area contributed by atoms with Crippen molar-refractivity contribution in [3.05, 3.63) is 0 Å². The van der Waals surface area contributed by atoms with Gasteiger partial charge >= 0.3 is 0 Å². The first-order valence-electron chi connectivity index (χ1n) is 3.94. The van der Waals surface area contributed by atoms with Crippen molar-refractivity contribution in [3.63, 3.8) is 0 Å². The SMILES string of the molecule is CC(C)C(=O)C(C)N(C)CP. The molecule has 0 rings (SSSR count). The predicted octanol–water partition coefficient (Wildman–Crippen LogP) is 1.36. The Kier molecular flexibility index (Phi) is 4.87. The van der Waals surface area contributed by atoms with Gasteiger partial charge in [0.05, 0.1) is 6.04 Å². The van der Waals surface area contributed by atoms with Crippen molar-refractivity contribution < 1.29 is 4.79 Å². The van der Waals surface area contributed by atoms with Crippen LogP contribution in [0.25, 0.3) is 0 Å². The number of likely N-dealkylation sites (N-methyl/N-ethyl adjacent to an activating group) is 1. The summed E-state index contributed by atoms with van der Waals surface area (Å²) in [6, 6.07) is 0.0486. The first-order chi connectivity index (χ1) is 5.00. The molecule has 0 heterocycles. The van der Waals surface area contributed by atoms with Crippen molar-refractivity contribution >= 4 is 15.0 Å². The number of nitrogens with zero attached hydrogens (tertiary/aromatic N) is 1. The van der Waals surface area contributed by atoms with Gasteiger partial charge in [0.15, 0.2) is 5.78 Å². The van der Waals surface area contributed by atoms with E-state index in [0.717, 1.165) is 6.29 Å². The Hall–Kier alpha value is 0.0600. The average molecular weight is 175 g/mol. The lowest BCUT2D eigenvalue weighted by Gasteiger charge is -2.22. The third-order valence-corrected chi connectivity index (χ3v) is 2.51. The maximum atomic E-state index is 11.4. The van der Waals surface area contributed by atoms with E-state index in [1.54, 1.807) is 0 Å². The molecular weight excluding hydrogens is 157 g/mol. The molecule has 0 aromatic carbocycles. The largest absolute Gasteiger partial charge is 0.298 e. The third kappa shape index (κ3) is 3.31. The van der Waals surface area contributed by atoms with Crippen molar-refractivity contribution in [2.75, 3.05) is 13.3 Å². The minimum absolute atomic E-state index is 0.0486. The van der Waals surface area contributed by atoms with E-state index in [4.69, 9.17) is 0 Å². The summed E-state index contributed by atoms with van der Waals surface area (Å²) in [6.07, 6.45) is 0.847. The summed E-state index contributed by atoms with van der Waals surface area (Å²) in [6.45, 7) is 5.83. The Labute approximate surface area is 71.5 Å². The smallest absolute Gasteiger partial charge is 0.152 e. The number of carbonyl (C=O) groups is 1. The summed E-state index contributed by atoms with van der Waals surface area (Å²) < 4.78 is 0. The standard InChI is InChI=1S/C8H18NOP/c1-6(2)8(10)7(3)9(4)5-11/h6-7H,5,11H2,1-4H3. The molecule has 0 fully saturated rings. The molecule has 2 nitrogen and oxygen atoms in total. The van der Waals surface area contributed by atoms with E-state index in [2.05, 4.69) is 9.24 Å². The molecular formula is C8H18NOP. The van der Waals surface area contributed by atoms with E-state index in [0.29, 0.717) is 5.78 Å².